The second-order valence-corrected chi connectivity index (χ2v) is 10.2. The Morgan fingerprint density at radius 3 is 2.67 bits per heavy atom. The minimum Gasteiger partial charge on any atom is -0.465 e. The normalized spacial score (nSPS) is 51.2. The zero-order valence-corrected chi connectivity index (χ0v) is 16.8. The van der Waals surface area contributed by atoms with E-state index in [-0.39, 0.29) is 41.8 Å². The predicted molar refractivity (Wildman–Crippen MR) is 101 cm³/mol. The first-order valence-corrected chi connectivity index (χ1v) is 10.5. The van der Waals surface area contributed by atoms with E-state index >= 15 is 0 Å². The van der Waals surface area contributed by atoms with E-state index in [1.807, 2.05) is 0 Å². The van der Waals surface area contributed by atoms with Crippen molar-refractivity contribution in [2.45, 2.75) is 77.4 Å². The molecule has 152 valence electrons. The van der Waals surface area contributed by atoms with E-state index in [0.29, 0.717) is 12.8 Å². The molecule has 1 spiro atoms. The van der Waals surface area contributed by atoms with Crippen molar-refractivity contribution >= 4 is 5.97 Å². The second kappa shape index (κ2) is 6.04. The molecule has 0 aromatic heterocycles. The Morgan fingerprint density at radius 2 is 2.00 bits per heavy atom. The van der Waals surface area contributed by atoms with Gasteiger partial charge in [0.05, 0.1) is 24.9 Å². The lowest BCUT2D eigenvalue weighted by atomic mass is 9.39. The fraction of sp³-hybridized carbons (Fsp3) is 0.864. The Labute approximate surface area is 161 Å². The van der Waals surface area contributed by atoms with Crippen molar-refractivity contribution in [2.24, 2.45) is 28.1 Å². The first kappa shape index (κ1) is 19.4. The third kappa shape index (κ3) is 2.44. The fourth-order valence-electron chi connectivity index (χ4n) is 7.47. The van der Waals surface area contributed by atoms with E-state index in [4.69, 9.17) is 4.74 Å². The number of carbonyl (C=O) groups is 1. The van der Waals surface area contributed by atoms with Crippen LogP contribution < -0.4 is 0 Å². The van der Waals surface area contributed by atoms with E-state index in [2.05, 4.69) is 19.9 Å². The Morgan fingerprint density at radius 1 is 1.26 bits per heavy atom. The summed E-state index contributed by atoms with van der Waals surface area (Å²) in [6, 6.07) is 0. The molecule has 4 aliphatic rings. The summed E-state index contributed by atoms with van der Waals surface area (Å²) in [5, 5.41) is 31.6. The Kier molecular flexibility index (Phi) is 4.34. The summed E-state index contributed by atoms with van der Waals surface area (Å²) >= 11 is 0. The topological polar surface area (TPSA) is 87.0 Å². The number of fused-ring (bicyclic) bond motifs is 2. The van der Waals surface area contributed by atoms with Crippen LogP contribution in [-0.4, -0.2) is 46.2 Å². The molecule has 4 aliphatic carbocycles. The summed E-state index contributed by atoms with van der Waals surface area (Å²) in [6.45, 7) is 5.97. The minimum absolute atomic E-state index is 0.0107. The van der Waals surface area contributed by atoms with E-state index < -0.39 is 17.1 Å². The lowest BCUT2D eigenvalue weighted by Crippen LogP contribution is -2.62. The van der Waals surface area contributed by atoms with Crippen LogP contribution in [0.3, 0.4) is 0 Å². The maximum atomic E-state index is 11.5. The molecule has 0 heterocycles. The molecule has 0 amide bonds. The quantitative estimate of drug-likeness (QED) is 0.519. The number of hydrogen-bond acceptors (Lipinski definition) is 5. The Balaban J connectivity index is 1.71. The predicted octanol–water partition coefficient (Wildman–Crippen LogP) is 2.58. The lowest BCUT2D eigenvalue weighted by Gasteiger charge is -2.65. The van der Waals surface area contributed by atoms with Crippen LogP contribution in [0, 0.1) is 28.1 Å². The van der Waals surface area contributed by atoms with Gasteiger partial charge in [0.25, 0.3) is 0 Å². The van der Waals surface area contributed by atoms with Crippen molar-refractivity contribution in [3.8, 4) is 0 Å². The summed E-state index contributed by atoms with van der Waals surface area (Å²) in [6.07, 6.45) is 7.82. The van der Waals surface area contributed by atoms with Crippen LogP contribution >= 0.6 is 0 Å². The molecule has 3 saturated carbocycles. The van der Waals surface area contributed by atoms with Crippen molar-refractivity contribution in [1.82, 2.24) is 0 Å². The SMILES string of the molecule is CC(=O)OC[C@]1(C)[C@H](O)CC[C@@]2(C)[C@H]1CCC1=C[C@@H]3C[C@@]12CC[C@]3(O)CO. The number of carbonyl (C=O) groups excluding carboxylic acids is 1. The van der Waals surface area contributed by atoms with Crippen molar-refractivity contribution in [1.29, 1.82) is 0 Å². The van der Waals surface area contributed by atoms with Crippen LogP contribution in [0.4, 0.5) is 0 Å². The summed E-state index contributed by atoms with van der Waals surface area (Å²) < 4.78 is 5.43. The molecule has 3 fully saturated rings. The van der Waals surface area contributed by atoms with Crippen LogP contribution in [0.1, 0.15) is 65.7 Å². The van der Waals surface area contributed by atoms with Crippen molar-refractivity contribution in [2.75, 3.05) is 13.2 Å². The highest BCUT2D eigenvalue weighted by molar-refractivity contribution is 5.65. The maximum Gasteiger partial charge on any atom is 0.302 e. The molecule has 0 aromatic carbocycles. The van der Waals surface area contributed by atoms with Gasteiger partial charge in [0.2, 0.25) is 0 Å². The number of rotatable bonds is 3. The van der Waals surface area contributed by atoms with Crippen LogP contribution in [0.5, 0.6) is 0 Å². The molecule has 7 atom stereocenters. The Bertz CT molecular complexity index is 674. The van der Waals surface area contributed by atoms with Crippen LogP contribution in [-0.2, 0) is 9.53 Å². The smallest absolute Gasteiger partial charge is 0.302 e. The number of esters is 1. The summed E-state index contributed by atoms with van der Waals surface area (Å²) in [5.74, 6) is -0.00501. The number of allylic oxidation sites excluding steroid dienone is 1. The van der Waals surface area contributed by atoms with E-state index in [9.17, 15) is 20.1 Å². The molecule has 0 radical (unpaired) electrons. The number of hydrogen-bond donors (Lipinski definition) is 3. The summed E-state index contributed by atoms with van der Waals surface area (Å²) in [7, 11) is 0. The second-order valence-electron chi connectivity index (χ2n) is 10.2. The van der Waals surface area contributed by atoms with Crippen molar-refractivity contribution in [3.05, 3.63) is 11.6 Å². The zero-order chi connectivity index (χ0) is 19.7. The van der Waals surface area contributed by atoms with Gasteiger partial charge in [0.15, 0.2) is 0 Å². The van der Waals surface area contributed by atoms with Crippen molar-refractivity contribution in [3.63, 3.8) is 0 Å². The number of ether oxygens (including phenoxy) is 1. The van der Waals surface area contributed by atoms with Gasteiger partial charge in [-0.2, -0.15) is 0 Å². The van der Waals surface area contributed by atoms with E-state index in [0.717, 1.165) is 32.1 Å². The zero-order valence-electron chi connectivity index (χ0n) is 16.8. The first-order chi connectivity index (χ1) is 12.6. The number of aliphatic hydroxyl groups is 3. The molecule has 27 heavy (non-hydrogen) atoms. The van der Waals surface area contributed by atoms with Crippen LogP contribution in [0.15, 0.2) is 11.6 Å². The summed E-state index contributed by atoms with van der Waals surface area (Å²) in [5.41, 5.74) is 0.0799. The van der Waals surface area contributed by atoms with Gasteiger partial charge in [-0.3, -0.25) is 4.79 Å². The molecule has 0 aromatic rings. The lowest BCUT2D eigenvalue weighted by molar-refractivity contribution is -0.200. The highest BCUT2D eigenvalue weighted by Gasteiger charge is 2.68. The van der Waals surface area contributed by atoms with Gasteiger partial charge in [-0.15, -0.1) is 0 Å². The molecule has 5 nitrogen and oxygen atoms in total. The third-order valence-electron chi connectivity index (χ3n) is 9.18. The molecule has 5 heteroatoms. The minimum atomic E-state index is -0.989. The average molecular weight is 379 g/mol. The molecular weight excluding hydrogens is 344 g/mol. The molecule has 4 rings (SSSR count). The molecule has 2 bridgehead atoms. The van der Waals surface area contributed by atoms with Gasteiger partial charge in [-0.25, -0.2) is 0 Å². The van der Waals surface area contributed by atoms with Gasteiger partial charge in [0.1, 0.15) is 0 Å². The molecule has 3 N–H and O–H groups in total. The maximum absolute atomic E-state index is 11.5. The molecule has 0 aliphatic heterocycles. The van der Waals surface area contributed by atoms with Crippen LogP contribution in [0.25, 0.3) is 0 Å². The standard InChI is InChI=1S/C22H34O5/c1-14(24)27-13-19(2)17-5-4-15-10-16-11-21(15,8-9-22(16,26)12-23)20(17,3)7-6-18(19)25/h10,16-18,23,25-26H,4-9,11-13H2,1-3H3/t16-,17+,18-,19+,20+,21+,22+/m1/s1. The van der Waals surface area contributed by atoms with E-state index in [1.165, 1.54) is 12.5 Å². The monoisotopic (exact) mass is 378 g/mol. The van der Waals surface area contributed by atoms with Gasteiger partial charge in [-0.05, 0) is 61.7 Å². The average Bonchev–Trinajstić information content (AvgIpc) is 2.98. The highest BCUT2D eigenvalue weighted by Crippen LogP contribution is 2.73. The van der Waals surface area contributed by atoms with Crippen molar-refractivity contribution < 1.29 is 24.9 Å². The van der Waals surface area contributed by atoms with Crippen LogP contribution in [0.2, 0.25) is 0 Å². The fourth-order valence-corrected chi connectivity index (χ4v) is 7.47. The van der Waals surface area contributed by atoms with Gasteiger partial charge in [-0.1, -0.05) is 25.5 Å². The first-order valence-electron chi connectivity index (χ1n) is 10.5. The van der Waals surface area contributed by atoms with Gasteiger partial charge >= 0.3 is 5.97 Å². The largest absolute Gasteiger partial charge is 0.465 e. The third-order valence-corrected chi connectivity index (χ3v) is 9.18. The molecule has 0 saturated heterocycles. The summed E-state index contributed by atoms with van der Waals surface area (Å²) in [4.78, 5) is 11.5. The van der Waals surface area contributed by atoms with Gasteiger partial charge in [0, 0.05) is 18.3 Å². The van der Waals surface area contributed by atoms with Gasteiger partial charge < -0.3 is 20.1 Å². The number of aliphatic hydroxyl groups excluding tert-OH is 2. The molecule has 0 unspecified atom stereocenters. The van der Waals surface area contributed by atoms with E-state index in [1.54, 1.807) is 0 Å². The highest BCUT2D eigenvalue weighted by atomic mass is 16.5. The Hall–Kier alpha value is -0.910. The molecular formula is C22H34O5.